The first-order valence-electron chi connectivity index (χ1n) is 12.9. The Morgan fingerprint density at radius 3 is 2.65 bits per heavy atom. The van der Waals surface area contributed by atoms with E-state index in [2.05, 4.69) is 31.1 Å². The number of aromatic nitrogens is 3. The lowest BCUT2D eigenvalue weighted by Crippen LogP contribution is -2.36. The van der Waals surface area contributed by atoms with Gasteiger partial charge in [-0.3, -0.25) is 4.98 Å². The number of aryl methyl sites for hydroxylation is 2. The summed E-state index contributed by atoms with van der Waals surface area (Å²) in [7, 11) is -2.42. The van der Waals surface area contributed by atoms with Crippen LogP contribution in [-0.2, 0) is 16.4 Å². The minimum absolute atomic E-state index is 0.00814. The summed E-state index contributed by atoms with van der Waals surface area (Å²) in [4.78, 5) is 12.3. The predicted octanol–water partition coefficient (Wildman–Crippen LogP) is 3.67. The molecule has 1 aliphatic rings. The number of hydrogen-bond donors (Lipinski definition) is 3. The van der Waals surface area contributed by atoms with E-state index in [9.17, 15) is 13.5 Å². The van der Waals surface area contributed by atoms with E-state index in [0.29, 0.717) is 18.8 Å². The van der Waals surface area contributed by atoms with Gasteiger partial charge in [-0.15, -0.1) is 0 Å². The lowest BCUT2D eigenvalue weighted by Gasteiger charge is -2.27. The van der Waals surface area contributed by atoms with Gasteiger partial charge in [0.2, 0.25) is 11.8 Å². The summed E-state index contributed by atoms with van der Waals surface area (Å²) in [5.74, 6) is 1.07. The summed E-state index contributed by atoms with van der Waals surface area (Å²) in [6.45, 7) is 2.78. The highest BCUT2D eigenvalue weighted by Crippen LogP contribution is 2.32. The normalized spacial score (nSPS) is 15.5. The van der Waals surface area contributed by atoms with E-state index in [1.807, 2.05) is 18.2 Å². The predicted molar refractivity (Wildman–Crippen MR) is 151 cm³/mol. The number of ether oxygens (including phenoxy) is 2. The second-order valence-electron chi connectivity index (χ2n) is 9.57. The Bertz CT molecular complexity index is 1570. The van der Waals surface area contributed by atoms with Crippen molar-refractivity contribution >= 4 is 16.0 Å². The third-order valence-corrected chi connectivity index (χ3v) is 7.98. The van der Waals surface area contributed by atoms with Crippen LogP contribution in [0.15, 0.2) is 78.0 Å². The molecule has 208 valence electrons. The Labute approximate surface area is 233 Å². The lowest BCUT2D eigenvalue weighted by atomic mass is 9.97. The zero-order chi connectivity index (χ0) is 28.1. The van der Waals surface area contributed by atoms with E-state index >= 15 is 0 Å². The van der Waals surface area contributed by atoms with Crippen molar-refractivity contribution < 1.29 is 23.0 Å². The summed E-state index contributed by atoms with van der Waals surface area (Å²) < 4.78 is 39.5. The number of benzene rings is 2. The minimum Gasteiger partial charge on any atom is -0.489 e. The first-order chi connectivity index (χ1) is 19.3. The van der Waals surface area contributed by atoms with Crippen molar-refractivity contribution in [2.24, 2.45) is 0 Å². The van der Waals surface area contributed by atoms with Gasteiger partial charge < -0.3 is 19.9 Å². The summed E-state index contributed by atoms with van der Waals surface area (Å²) in [6.07, 6.45) is 4.44. The van der Waals surface area contributed by atoms with Crippen LogP contribution < -0.4 is 19.5 Å². The number of nitrogens with one attached hydrogen (secondary N) is 2. The van der Waals surface area contributed by atoms with Crippen LogP contribution in [0.2, 0.25) is 0 Å². The molecule has 2 atom stereocenters. The molecule has 4 aromatic rings. The molecule has 1 aliphatic heterocycles. The molecule has 5 rings (SSSR count). The number of rotatable bonds is 10. The van der Waals surface area contributed by atoms with Crippen LogP contribution in [-0.4, -0.2) is 54.8 Å². The monoisotopic (exact) mass is 561 g/mol. The fourth-order valence-corrected chi connectivity index (χ4v) is 5.48. The van der Waals surface area contributed by atoms with Crippen molar-refractivity contribution in [3.8, 4) is 22.8 Å². The molecule has 0 saturated carbocycles. The SMILES string of the molecule is COc1cc(C)nc(NS(=O)(=O)c2ccc(-c3ccc4c(c3)CC[C@H](CNC[C@@H](O)c3cccnc3)O4)cc2)n1. The number of sulfonamides is 1. The van der Waals surface area contributed by atoms with Gasteiger partial charge in [0.1, 0.15) is 11.9 Å². The zero-order valence-electron chi connectivity index (χ0n) is 22.2. The number of methoxy groups -OCH3 is 1. The number of hydrogen-bond acceptors (Lipinski definition) is 9. The minimum atomic E-state index is -3.88. The Morgan fingerprint density at radius 2 is 1.90 bits per heavy atom. The molecule has 0 radical (unpaired) electrons. The van der Waals surface area contributed by atoms with Crippen LogP contribution in [0.4, 0.5) is 5.95 Å². The molecule has 0 bridgehead atoms. The molecule has 0 saturated heterocycles. The van der Waals surface area contributed by atoms with Crippen molar-refractivity contribution in [3.63, 3.8) is 0 Å². The van der Waals surface area contributed by atoms with Crippen molar-refractivity contribution in [3.05, 3.63) is 89.9 Å². The topological polar surface area (TPSA) is 136 Å². The zero-order valence-corrected chi connectivity index (χ0v) is 23.1. The lowest BCUT2D eigenvalue weighted by molar-refractivity contribution is 0.146. The molecule has 0 spiro atoms. The molecule has 0 fully saturated rings. The number of fused-ring (bicyclic) bond motifs is 1. The number of anilines is 1. The van der Waals surface area contributed by atoms with Gasteiger partial charge in [-0.05, 0) is 66.8 Å². The average molecular weight is 562 g/mol. The van der Waals surface area contributed by atoms with Crippen LogP contribution in [0.3, 0.4) is 0 Å². The molecule has 0 amide bonds. The quantitative estimate of drug-likeness (QED) is 0.265. The summed E-state index contributed by atoms with van der Waals surface area (Å²) >= 11 is 0. The summed E-state index contributed by atoms with van der Waals surface area (Å²) in [5.41, 5.74) is 4.33. The fourth-order valence-electron chi connectivity index (χ4n) is 4.54. The molecule has 0 aliphatic carbocycles. The van der Waals surface area contributed by atoms with Crippen LogP contribution in [0, 0.1) is 6.92 Å². The molecule has 40 heavy (non-hydrogen) atoms. The maximum Gasteiger partial charge on any atom is 0.264 e. The van der Waals surface area contributed by atoms with E-state index < -0.39 is 16.1 Å². The average Bonchev–Trinajstić information content (AvgIpc) is 2.96. The molecular weight excluding hydrogens is 530 g/mol. The Kier molecular flexibility index (Phi) is 8.24. The third-order valence-electron chi connectivity index (χ3n) is 6.63. The van der Waals surface area contributed by atoms with Gasteiger partial charge in [0, 0.05) is 42.8 Å². The third kappa shape index (κ3) is 6.56. The Hall–Kier alpha value is -4.06. The molecular formula is C29H31N5O5S. The van der Waals surface area contributed by atoms with Gasteiger partial charge in [0.25, 0.3) is 10.0 Å². The number of aliphatic hydroxyl groups is 1. The van der Waals surface area contributed by atoms with Crippen LogP contribution in [0.25, 0.3) is 11.1 Å². The van der Waals surface area contributed by atoms with E-state index in [1.165, 1.54) is 7.11 Å². The van der Waals surface area contributed by atoms with E-state index in [0.717, 1.165) is 40.8 Å². The number of aliphatic hydroxyl groups excluding tert-OH is 1. The number of nitrogens with zero attached hydrogens (tertiary/aromatic N) is 3. The first-order valence-corrected chi connectivity index (χ1v) is 14.4. The van der Waals surface area contributed by atoms with Crippen molar-refractivity contribution in [1.29, 1.82) is 0 Å². The molecule has 11 heteroatoms. The van der Waals surface area contributed by atoms with E-state index in [-0.39, 0.29) is 22.8 Å². The molecule has 2 aromatic heterocycles. The van der Waals surface area contributed by atoms with Crippen molar-refractivity contribution in [1.82, 2.24) is 20.3 Å². The molecule has 3 N–H and O–H groups in total. The number of pyridine rings is 1. The second-order valence-corrected chi connectivity index (χ2v) is 11.2. The van der Waals surface area contributed by atoms with Gasteiger partial charge in [0.15, 0.2) is 0 Å². The van der Waals surface area contributed by atoms with Gasteiger partial charge >= 0.3 is 0 Å². The molecule has 3 heterocycles. The van der Waals surface area contributed by atoms with Crippen LogP contribution in [0.5, 0.6) is 11.6 Å². The fraction of sp³-hybridized carbons (Fsp3) is 0.276. The Balaban J connectivity index is 1.20. The van der Waals surface area contributed by atoms with E-state index in [1.54, 1.807) is 55.7 Å². The van der Waals surface area contributed by atoms with Crippen molar-refractivity contribution in [2.75, 3.05) is 24.9 Å². The molecule has 10 nitrogen and oxygen atoms in total. The first kappa shape index (κ1) is 27.5. The van der Waals surface area contributed by atoms with Gasteiger partial charge in [-0.1, -0.05) is 24.3 Å². The summed E-state index contributed by atoms with van der Waals surface area (Å²) in [5, 5.41) is 13.6. The maximum absolute atomic E-state index is 12.9. The largest absolute Gasteiger partial charge is 0.489 e. The van der Waals surface area contributed by atoms with Crippen LogP contribution in [0.1, 0.15) is 29.3 Å². The van der Waals surface area contributed by atoms with Gasteiger partial charge in [0.05, 0.1) is 18.1 Å². The molecule has 2 aromatic carbocycles. The highest BCUT2D eigenvalue weighted by atomic mass is 32.2. The van der Waals surface area contributed by atoms with Gasteiger partial charge in [-0.25, -0.2) is 18.1 Å². The van der Waals surface area contributed by atoms with Crippen LogP contribution >= 0.6 is 0 Å². The Morgan fingerprint density at radius 1 is 1.10 bits per heavy atom. The van der Waals surface area contributed by atoms with E-state index in [4.69, 9.17) is 9.47 Å². The summed E-state index contributed by atoms with van der Waals surface area (Å²) in [6, 6.07) is 17.9. The van der Waals surface area contributed by atoms with Gasteiger partial charge in [-0.2, -0.15) is 4.98 Å². The van der Waals surface area contributed by atoms with Crippen molar-refractivity contribution in [2.45, 2.75) is 36.9 Å². The maximum atomic E-state index is 12.9. The second kappa shape index (κ2) is 12.0. The highest BCUT2D eigenvalue weighted by molar-refractivity contribution is 7.92. The highest BCUT2D eigenvalue weighted by Gasteiger charge is 2.21. The smallest absolute Gasteiger partial charge is 0.264 e. The standard InChI is InChI=1S/C29H31N5O5S/c1-19-14-28(38-2)33-29(32-19)34-40(36,37)25-10-6-20(7-11-25)21-8-12-27-22(15-21)5-9-24(39-27)17-31-18-26(35)23-4-3-13-30-16-23/h3-4,6-8,10-16,24,26,31,35H,5,9,17-18H2,1-2H3,(H,32,33,34)/t24-,26-/m1/s1. The molecule has 0 unspecified atom stereocenters.